The van der Waals surface area contributed by atoms with E-state index in [-0.39, 0.29) is 35.5 Å². The summed E-state index contributed by atoms with van der Waals surface area (Å²) in [6, 6.07) is 41.1. The Hall–Kier alpha value is -4.65. The highest BCUT2D eigenvalue weighted by molar-refractivity contribution is 5.85. The van der Waals surface area contributed by atoms with Crippen LogP contribution >= 0.6 is 12.4 Å². The summed E-state index contributed by atoms with van der Waals surface area (Å²) in [5, 5.41) is 0. The van der Waals surface area contributed by atoms with Gasteiger partial charge in [0.15, 0.2) is 11.5 Å². The molecule has 0 amide bonds. The number of ketones is 1. The van der Waals surface area contributed by atoms with Gasteiger partial charge in [0.25, 0.3) is 0 Å². The summed E-state index contributed by atoms with van der Waals surface area (Å²) in [5.41, 5.74) is 7.20. The number of aryl methyl sites for hydroxylation is 1. The van der Waals surface area contributed by atoms with Gasteiger partial charge in [0.2, 0.25) is 0 Å². The van der Waals surface area contributed by atoms with Gasteiger partial charge in [0.05, 0.1) is 21.3 Å². The first-order valence-electron chi connectivity index (χ1n) is 18.9. The molecular weight excluding hydrogens is 697 g/mol. The zero-order chi connectivity index (χ0) is 37.0. The van der Waals surface area contributed by atoms with Crippen LogP contribution in [0.1, 0.15) is 77.9 Å². The summed E-state index contributed by atoms with van der Waals surface area (Å²) < 4.78 is 30.3. The van der Waals surface area contributed by atoms with Crippen LogP contribution < -0.4 is 14.2 Å². The predicted molar refractivity (Wildman–Crippen MR) is 218 cm³/mol. The molecule has 5 aromatic rings. The second kappa shape index (κ2) is 19.6. The summed E-state index contributed by atoms with van der Waals surface area (Å²) in [4.78, 5) is 15.8. The Balaban J connectivity index is 0.00000561. The van der Waals surface area contributed by atoms with Crippen LogP contribution in [0.4, 0.5) is 4.39 Å². The smallest absolute Gasteiger partial charge is 0.161 e. The van der Waals surface area contributed by atoms with Gasteiger partial charge in [0.1, 0.15) is 17.3 Å². The Bertz CT molecular complexity index is 1860. The molecule has 1 atom stereocenters. The number of hydrogen-bond acceptors (Lipinski definition) is 5. The predicted octanol–water partition coefficient (Wildman–Crippen LogP) is 10.6. The van der Waals surface area contributed by atoms with E-state index in [1.165, 1.54) is 39.9 Å². The minimum atomic E-state index is -0.253. The van der Waals surface area contributed by atoms with Crippen LogP contribution in [0, 0.1) is 5.82 Å². The van der Waals surface area contributed by atoms with Crippen molar-refractivity contribution >= 4 is 18.2 Å². The van der Waals surface area contributed by atoms with Crippen LogP contribution in [-0.4, -0.2) is 45.1 Å². The van der Waals surface area contributed by atoms with Crippen molar-refractivity contribution < 1.29 is 23.4 Å². The SMILES string of the molecule is COc1ccc(CC2c3cc(OC)c(OC)cc3CCN2CCCC(CCCC(=O)CCc2ccc(F)cc2)(c2ccccc2)c2ccccc2)cc1.Cl. The molecule has 1 aliphatic heterocycles. The quantitative estimate of drug-likeness (QED) is 0.0893. The standard InChI is InChI=1S/C47H52FNO4.ClH/c1-51-42-25-20-36(21-26-42)32-44-43-34-46(53-3)45(52-2)33-37(43)27-31-49(44)30-11-29-47(38-12-6-4-7-13-38,39-14-8-5-9-15-39)28-10-16-41(50)24-19-35-17-22-40(48)23-18-35;/h4-9,12-15,17-18,20-23,25-26,33-34,44H,10-11,16,19,24,27-32H2,1-3H3;1H. The molecule has 0 saturated heterocycles. The lowest BCUT2D eigenvalue weighted by Gasteiger charge is -2.40. The van der Waals surface area contributed by atoms with Crippen LogP contribution in [0.2, 0.25) is 0 Å². The van der Waals surface area contributed by atoms with E-state index in [1.54, 1.807) is 33.5 Å². The maximum absolute atomic E-state index is 13.4. The lowest BCUT2D eigenvalue weighted by molar-refractivity contribution is -0.119. The van der Waals surface area contributed by atoms with E-state index in [0.717, 1.165) is 74.4 Å². The number of ether oxygens (including phenoxy) is 3. The Morgan fingerprint density at radius 2 is 1.31 bits per heavy atom. The molecule has 0 aromatic heterocycles. The van der Waals surface area contributed by atoms with E-state index in [2.05, 4.69) is 89.8 Å². The molecule has 0 N–H and O–H groups in total. The lowest BCUT2D eigenvalue weighted by atomic mass is 9.68. The minimum absolute atomic E-state index is 0. The molecule has 0 aliphatic carbocycles. The van der Waals surface area contributed by atoms with Crippen LogP contribution in [0.5, 0.6) is 17.2 Å². The van der Waals surface area contributed by atoms with Gasteiger partial charge in [-0.3, -0.25) is 9.69 Å². The van der Waals surface area contributed by atoms with Crippen molar-refractivity contribution in [2.24, 2.45) is 0 Å². The maximum Gasteiger partial charge on any atom is 0.161 e. The number of Topliss-reactive ketones (excluding diaryl/α,β-unsaturated/α-hetero) is 1. The molecular formula is C47H53ClFNO4. The Morgan fingerprint density at radius 1 is 0.722 bits per heavy atom. The van der Waals surface area contributed by atoms with Crippen LogP contribution in [0.25, 0.3) is 0 Å². The number of rotatable bonds is 18. The lowest BCUT2D eigenvalue weighted by Crippen LogP contribution is -2.38. The Kier molecular flexibility index (Phi) is 14.7. The van der Waals surface area contributed by atoms with Crippen LogP contribution in [0.3, 0.4) is 0 Å². The van der Waals surface area contributed by atoms with Crippen molar-refractivity contribution in [2.75, 3.05) is 34.4 Å². The molecule has 284 valence electrons. The number of carbonyl (C=O) groups is 1. The molecule has 0 radical (unpaired) electrons. The van der Waals surface area contributed by atoms with Gasteiger partial charge in [-0.05, 0) is 121 Å². The molecule has 0 bridgehead atoms. The van der Waals surface area contributed by atoms with E-state index in [1.807, 2.05) is 12.1 Å². The molecule has 5 aromatic carbocycles. The number of nitrogens with zero attached hydrogens (tertiary/aromatic N) is 1. The van der Waals surface area contributed by atoms with Gasteiger partial charge in [-0.15, -0.1) is 12.4 Å². The van der Waals surface area contributed by atoms with Gasteiger partial charge < -0.3 is 14.2 Å². The van der Waals surface area contributed by atoms with Gasteiger partial charge >= 0.3 is 0 Å². The number of hydrogen-bond donors (Lipinski definition) is 0. The zero-order valence-corrected chi connectivity index (χ0v) is 32.6. The summed E-state index contributed by atoms with van der Waals surface area (Å²) in [5.74, 6) is 2.38. The monoisotopic (exact) mass is 749 g/mol. The van der Waals surface area contributed by atoms with E-state index in [9.17, 15) is 9.18 Å². The molecule has 1 unspecified atom stereocenters. The maximum atomic E-state index is 13.4. The first-order chi connectivity index (χ1) is 25.9. The van der Waals surface area contributed by atoms with Crippen molar-refractivity contribution in [2.45, 2.75) is 69.2 Å². The van der Waals surface area contributed by atoms with Crippen molar-refractivity contribution in [1.82, 2.24) is 4.90 Å². The fraction of sp³-hybridized carbons (Fsp3) is 0.340. The number of fused-ring (bicyclic) bond motifs is 1. The van der Waals surface area contributed by atoms with E-state index >= 15 is 0 Å². The normalized spacial score (nSPS) is 14.1. The molecule has 6 rings (SSSR count). The van der Waals surface area contributed by atoms with E-state index in [4.69, 9.17) is 14.2 Å². The average molecular weight is 750 g/mol. The summed E-state index contributed by atoms with van der Waals surface area (Å²) in [7, 11) is 5.10. The van der Waals surface area contributed by atoms with Crippen molar-refractivity contribution in [3.63, 3.8) is 0 Å². The molecule has 0 saturated carbocycles. The third-order valence-electron chi connectivity index (χ3n) is 11.1. The van der Waals surface area contributed by atoms with E-state index in [0.29, 0.717) is 19.3 Å². The van der Waals surface area contributed by atoms with Gasteiger partial charge in [0, 0.05) is 30.8 Å². The van der Waals surface area contributed by atoms with Gasteiger partial charge in [-0.25, -0.2) is 4.39 Å². The summed E-state index contributed by atoms with van der Waals surface area (Å²) >= 11 is 0. The Morgan fingerprint density at radius 3 is 1.93 bits per heavy atom. The van der Waals surface area contributed by atoms with Crippen molar-refractivity contribution in [3.05, 3.63) is 161 Å². The molecule has 0 fully saturated rings. The first-order valence-corrected chi connectivity index (χ1v) is 18.9. The average Bonchev–Trinajstić information content (AvgIpc) is 3.21. The molecule has 1 aliphatic rings. The molecule has 7 heteroatoms. The summed E-state index contributed by atoms with van der Waals surface area (Å²) in [6.07, 6.45) is 7.06. The van der Waals surface area contributed by atoms with Crippen molar-refractivity contribution in [1.29, 1.82) is 0 Å². The number of benzene rings is 5. The highest BCUT2D eigenvalue weighted by atomic mass is 35.5. The van der Waals surface area contributed by atoms with Crippen LogP contribution in [0.15, 0.2) is 121 Å². The Labute approximate surface area is 326 Å². The second-order valence-electron chi connectivity index (χ2n) is 14.2. The fourth-order valence-electron chi connectivity index (χ4n) is 8.19. The van der Waals surface area contributed by atoms with E-state index < -0.39 is 0 Å². The first kappa shape index (κ1) is 40.5. The second-order valence-corrected chi connectivity index (χ2v) is 14.2. The number of carbonyl (C=O) groups excluding carboxylic acids is 1. The van der Waals surface area contributed by atoms with Gasteiger partial charge in [-0.2, -0.15) is 0 Å². The molecule has 0 spiro atoms. The highest BCUT2D eigenvalue weighted by Gasteiger charge is 2.35. The number of halogens is 2. The highest BCUT2D eigenvalue weighted by Crippen LogP contribution is 2.43. The molecule has 54 heavy (non-hydrogen) atoms. The van der Waals surface area contributed by atoms with Gasteiger partial charge in [-0.1, -0.05) is 84.9 Å². The molecule has 1 heterocycles. The zero-order valence-electron chi connectivity index (χ0n) is 31.8. The third-order valence-corrected chi connectivity index (χ3v) is 11.1. The summed E-state index contributed by atoms with van der Waals surface area (Å²) in [6.45, 7) is 1.89. The largest absolute Gasteiger partial charge is 0.497 e. The van der Waals surface area contributed by atoms with Crippen molar-refractivity contribution in [3.8, 4) is 17.2 Å². The minimum Gasteiger partial charge on any atom is -0.497 e. The topological polar surface area (TPSA) is 48.0 Å². The van der Waals surface area contributed by atoms with Crippen LogP contribution in [-0.2, 0) is 29.5 Å². The third kappa shape index (κ3) is 9.90. The fourth-order valence-corrected chi connectivity index (χ4v) is 8.19. The molecule has 5 nitrogen and oxygen atoms in total. The number of methoxy groups -OCH3 is 3.